The highest BCUT2D eigenvalue weighted by atomic mass is 16.7. The zero-order valence-corrected chi connectivity index (χ0v) is 20.0. The number of hydrogen-bond donors (Lipinski definition) is 2. The lowest BCUT2D eigenvalue weighted by molar-refractivity contribution is -0.124. The van der Waals surface area contributed by atoms with Crippen LogP contribution in [0.5, 0.6) is 5.75 Å². The summed E-state index contributed by atoms with van der Waals surface area (Å²) >= 11 is 0. The largest absolute Gasteiger partial charge is 0.513 e. The van der Waals surface area contributed by atoms with Crippen LogP contribution in [-0.4, -0.2) is 24.6 Å². The van der Waals surface area contributed by atoms with E-state index < -0.39 is 6.16 Å². The van der Waals surface area contributed by atoms with E-state index in [4.69, 9.17) is 9.47 Å². The third-order valence-electron chi connectivity index (χ3n) is 7.68. The number of nitrogens with one attached hydrogen (secondary N) is 2. The number of amides is 2. The molecule has 2 amide bonds. The summed E-state index contributed by atoms with van der Waals surface area (Å²) in [5.74, 6) is 2.51. The van der Waals surface area contributed by atoms with Gasteiger partial charge in [0.15, 0.2) is 0 Å². The average molecular weight is 477 g/mol. The quantitative estimate of drug-likeness (QED) is 0.376. The molecule has 4 aliphatic carbocycles. The maximum atomic E-state index is 13.0. The normalized spacial score (nSPS) is 26.1. The van der Waals surface area contributed by atoms with Crippen molar-refractivity contribution in [2.75, 3.05) is 17.2 Å². The highest BCUT2D eigenvalue weighted by molar-refractivity contribution is 6.04. The topological polar surface area (TPSA) is 93.7 Å². The molecule has 0 radical (unpaired) electrons. The molecule has 0 aromatic heterocycles. The minimum atomic E-state index is -0.785. The Labute approximate surface area is 205 Å². The van der Waals surface area contributed by atoms with Gasteiger partial charge < -0.3 is 20.1 Å². The number of ether oxygens (including phenoxy) is 2. The van der Waals surface area contributed by atoms with Crippen LogP contribution in [0.25, 0.3) is 0 Å². The van der Waals surface area contributed by atoms with Crippen LogP contribution in [0.15, 0.2) is 48.5 Å². The molecule has 184 valence electrons. The van der Waals surface area contributed by atoms with Crippen molar-refractivity contribution in [2.24, 2.45) is 23.2 Å². The van der Waals surface area contributed by atoms with E-state index in [9.17, 15) is 14.4 Å². The first-order valence-corrected chi connectivity index (χ1v) is 12.6. The fourth-order valence-electron chi connectivity index (χ4n) is 6.85. The third kappa shape index (κ3) is 5.50. The Morgan fingerprint density at radius 1 is 0.886 bits per heavy atom. The van der Waals surface area contributed by atoms with Crippen LogP contribution in [0, 0.1) is 23.2 Å². The molecular weight excluding hydrogens is 444 g/mol. The molecule has 35 heavy (non-hydrogen) atoms. The summed E-state index contributed by atoms with van der Waals surface area (Å²) in [6, 6.07) is 13.4. The highest BCUT2D eigenvalue weighted by Gasteiger charge is 2.51. The van der Waals surface area contributed by atoms with Crippen molar-refractivity contribution in [1.29, 1.82) is 0 Å². The van der Waals surface area contributed by atoms with Gasteiger partial charge in [0.2, 0.25) is 5.91 Å². The van der Waals surface area contributed by atoms with Crippen molar-refractivity contribution in [2.45, 2.75) is 51.9 Å². The van der Waals surface area contributed by atoms with Gasteiger partial charge in [-0.05, 0) is 111 Å². The van der Waals surface area contributed by atoms with Crippen LogP contribution in [-0.2, 0) is 9.53 Å². The minimum absolute atomic E-state index is 0.0626. The van der Waals surface area contributed by atoms with Gasteiger partial charge in [0.1, 0.15) is 5.75 Å². The van der Waals surface area contributed by atoms with Crippen LogP contribution in [0.4, 0.5) is 16.2 Å². The molecule has 6 rings (SSSR count). The van der Waals surface area contributed by atoms with E-state index >= 15 is 0 Å². The number of rotatable bonds is 7. The summed E-state index contributed by atoms with van der Waals surface area (Å²) in [7, 11) is 0. The first-order chi connectivity index (χ1) is 16.9. The monoisotopic (exact) mass is 476 g/mol. The summed E-state index contributed by atoms with van der Waals surface area (Å²) < 4.78 is 9.75. The van der Waals surface area contributed by atoms with Crippen molar-refractivity contribution in [3.63, 3.8) is 0 Å². The molecule has 2 N–H and O–H groups in total. The molecule has 7 nitrogen and oxygen atoms in total. The highest BCUT2D eigenvalue weighted by Crippen LogP contribution is 2.61. The fourth-order valence-corrected chi connectivity index (χ4v) is 6.85. The Kier molecular flexibility index (Phi) is 6.50. The first kappa shape index (κ1) is 23.4. The van der Waals surface area contributed by atoms with E-state index in [2.05, 4.69) is 10.6 Å². The molecular formula is C28H32N2O5. The fraction of sp³-hybridized carbons (Fsp3) is 0.464. The predicted molar refractivity (Wildman–Crippen MR) is 132 cm³/mol. The van der Waals surface area contributed by atoms with E-state index in [0.717, 1.165) is 17.8 Å². The maximum Gasteiger partial charge on any atom is 0.513 e. The lowest BCUT2D eigenvalue weighted by atomic mass is 9.49. The second-order valence-electron chi connectivity index (χ2n) is 10.5. The maximum absolute atomic E-state index is 13.0. The molecule has 4 fully saturated rings. The lowest BCUT2D eigenvalue weighted by Crippen LogP contribution is -2.47. The van der Waals surface area contributed by atoms with Gasteiger partial charge in [0.25, 0.3) is 5.91 Å². The van der Waals surface area contributed by atoms with Gasteiger partial charge in [-0.3, -0.25) is 9.59 Å². The molecule has 2 aromatic rings. The summed E-state index contributed by atoms with van der Waals surface area (Å²) in [4.78, 5) is 37.0. The summed E-state index contributed by atoms with van der Waals surface area (Å²) in [6.07, 6.45) is 7.50. The molecule has 0 atom stereocenters. The molecule has 0 saturated heterocycles. The molecule has 0 unspecified atom stereocenters. The predicted octanol–water partition coefficient (Wildman–Crippen LogP) is 6.02. The molecule has 4 aliphatic rings. The second-order valence-corrected chi connectivity index (χ2v) is 10.5. The van der Waals surface area contributed by atoms with Crippen LogP contribution in [0.1, 0.15) is 62.2 Å². The smallest absolute Gasteiger partial charge is 0.434 e. The Balaban J connectivity index is 1.17. The lowest BCUT2D eigenvalue weighted by Gasteiger charge is -2.56. The molecule has 0 aliphatic heterocycles. The van der Waals surface area contributed by atoms with Crippen LogP contribution < -0.4 is 15.4 Å². The van der Waals surface area contributed by atoms with Gasteiger partial charge in [-0.2, -0.15) is 0 Å². The van der Waals surface area contributed by atoms with Gasteiger partial charge in [-0.1, -0.05) is 6.07 Å². The Bertz CT molecular complexity index is 1080. The molecule has 7 heteroatoms. The van der Waals surface area contributed by atoms with Crippen molar-refractivity contribution in [3.05, 3.63) is 54.1 Å². The zero-order chi connectivity index (χ0) is 24.4. The van der Waals surface area contributed by atoms with Crippen molar-refractivity contribution >= 4 is 29.3 Å². The first-order valence-electron chi connectivity index (χ1n) is 12.6. The van der Waals surface area contributed by atoms with Crippen molar-refractivity contribution < 1.29 is 23.9 Å². The van der Waals surface area contributed by atoms with E-state index in [-0.39, 0.29) is 23.8 Å². The van der Waals surface area contributed by atoms with Gasteiger partial charge in [0.05, 0.1) is 6.61 Å². The second kappa shape index (κ2) is 9.72. The van der Waals surface area contributed by atoms with Crippen molar-refractivity contribution in [1.82, 2.24) is 0 Å². The minimum Gasteiger partial charge on any atom is -0.434 e. The van der Waals surface area contributed by atoms with E-state index in [1.54, 1.807) is 31.2 Å². The van der Waals surface area contributed by atoms with Crippen LogP contribution in [0.2, 0.25) is 0 Å². The summed E-state index contributed by atoms with van der Waals surface area (Å²) in [5.41, 5.74) is 1.87. The van der Waals surface area contributed by atoms with Gasteiger partial charge in [-0.15, -0.1) is 0 Å². The molecule has 4 bridgehead atoms. The van der Waals surface area contributed by atoms with E-state index in [1.165, 1.54) is 50.7 Å². The standard InChI is InChI=1S/C28H32N2O5/c1-2-34-27(33)35-24-8-6-21(7-9-24)26(32)30-23-5-3-4-22(13-23)29-25(31)17-28-14-18-10-19(15-28)12-20(11-18)16-28/h3-9,13,18-20H,2,10-12,14-17H2,1H3,(H,29,31)(H,30,32). The van der Waals surface area contributed by atoms with E-state index in [1.807, 2.05) is 12.1 Å². The number of hydrogen-bond acceptors (Lipinski definition) is 5. The van der Waals surface area contributed by atoms with E-state index in [0.29, 0.717) is 29.1 Å². The Morgan fingerprint density at radius 2 is 1.49 bits per heavy atom. The molecule has 4 saturated carbocycles. The summed E-state index contributed by atoms with van der Waals surface area (Å²) in [6.45, 7) is 1.92. The van der Waals surface area contributed by atoms with Crippen LogP contribution in [0.3, 0.4) is 0 Å². The number of carbonyl (C=O) groups excluding carboxylic acids is 3. The SMILES string of the molecule is CCOC(=O)Oc1ccc(C(=O)Nc2cccc(NC(=O)CC34CC5CC(CC(C5)C3)C4)c2)cc1. The van der Waals surface area contributed by atoms with Gasteiger partial charge >= 0.3 is 6.16 Å². The number of benzene rings is 2. The van der Waals surface area contributed by atoms with Crippen molar-refractivity contribution in [3.8, 4) is 5.75 Å². The molecule has 0 spiro atoms. The van der Waals surface area contributed by atoms with Crippen LogP contribution >= 0.6 is 0 Å². The summed E-state index contributed by atoms with van der Waals surface area (Å²) in [5, 5.41) is 5.91. The van der Waals surface area contributed by atoms with Gasteiger partial charge in [0, 0.05) is 23.4 Å². The average Bonchev–Trinajstić information content (AvgIpc) is 2.78. The van der Waals surface area contributed by atoms with Gasteiger partial charge in [-0.25, -0.2) is 4.79 Å². The molecule has 2 aromatic carbocycles. The Morgan fingerprint density at radius 3 is 2.09 bits per heavy atom. The molecule has 0 heterocycles. The Hall–Kier alpha value is -3.35. The zero-order valence-electron chi connectivity index (χ0n) is 20.0. The third-order valence-corrected chi connectivity index (χ3v) is 7.68. The number of anilines is 2. The number of carbonyl (C=O) groups is 3.